The van der Waals surface area contributed by atoms with Gasteiger partial charge in [-0.2, -0.15) is 0 Å². The molecule has 3 rings (SSSR count). The Bertz CT molecular complexity index is 893. The molecule has 0 atom stereocenters. The molecule has 0 saturated carbocycles. The summed E-state index contributed by atoms with van der Waals surface area (Å²) >= 11 is 1.31. The number of carbonyl (C=O) groups is 2. The summed E-state index contributed by atoms with van der Waals surface area (Å²) in [6, 6.07) is 15.2. The number of hydrogen-bond acceptors (Lipinski definition) is 3. The van der Waals surface area contributed by atoms with Gasteiger partial charge >= 0.3 is 5.97 Å². The molecular weight excluding hydrogens is 310 g/mol. The van der Waals surface area contributed by atoms with E-state index in [-0.39, 0.29) is 12.3 Å². The molecule has 23 heavy (non-hydrogen) atoms. The predicted molar refractivity (Wildman–Crippen MR) is 92.3 cm³/mol. The Kier molecular flexibility index (Phi) is 4.12. The van der Waals surface area contributed by atoms with Crippen LogP contribution in [-0.4, -0.2) is 17.0 Å². The quantitative estimate of drug-likeness (QED) is 0.759. The van der Waals surface area contributed by atoms with Gasteiger partial charge in [-0.05, 0) is 30.0 Å². The van der Waals surface area contributed by atoms with Gasteiger partial charge < -0.3 is 10.4 Å². The molecule has 0 bridgehead atoms. The summed E-state index contributed by atoms with van der Waals surface area (Å²) < 4.78 is 0. The standard InChI is InChI=1S/C18H15NO3S/c1-11-13(10-17(20)21)9-16(23-11)18(22)19-15-8-4-6-12-5-2-3-7-14(12)15/h2-9H,10H2,1H3,(H,19,22)(H,20,21). The van der Waals surface area contributed by atoms with Gasteiger partial charge in [-0.3, -0.25) is 9.59 Å². The number of rotatable bonds is 4. The molecule has 1 aromatic heterocycles. The van der Waals surface area contributed by atoms with E-state index in [1.807, 2.05) is 49.4 Å². The molecule has 1 heterocycles. The topological polar surface area (TPSA) is 66.4 Å². The van der Waals surface area contributed by atoms with Gasteiger partial charge in [-0.1, -0.05) is 36.4 Å². The van der Waals surface area contributed by atoms with Crippen LogP contribution in [0.1, 0.15) is 20.1 Å². The Morgan fingerprint density at radius 2 is 1.87 bits per heavy atom. The average molecular weight is 325 g/mol. The Hall–Kier alpha value is -2.66. The number of nitrogens with one attached hydrogen (secondary N) is 1. The van der Waals surface area contributed by atoms with Crippen LogP contribution in [0.4, 0.5) is 5.69 Å². The van der Waals surface area contributed by atoms with Crippen LogP contribution in [-0.2, 0) is 11.2 Å². The van der Waals surface area contributed by atoms with E-state index in [1.165, 1.54) is 11.3 Å². The Morgan fingerprint density at radius 3 is 2.65 bits per heavy atom. The minimum Gasteiger partial charge on any atom is -0.481 e. The lowest BCUT2D eigenvalue weighted by molar-refractivity contribution is -0.136. The predicted octanol–water partition coefficient (Wildman–Crippen LogP) is 4.09. The fraction of sp³-hybridized carbons (Fsp3) is 0.111. The SMILES string of the molecule is Cc1sc(C(=O)Nc2cccc3ccccc23)cc1CC(=O)O. The minimum atomic E-state index is -0.896. The third-order valence-corrected chi connectivity index (χ3v) is 4.72. The van der Waals surface area contributed by atoms with E-state index in [4.69, 9.17) is 5.11 Å². The lowest BCUT2D eigenvalue weighted by Crippen LogP contribution is -2.10. The van der Waals surface area contributed by atoms with Crippen LogP contribution in [0.2, 0.25) is 0 Å². The van der Waals surface area contributed by atoms with Gasteiger partial charge in [0.05, 0.1) is 11.3 Å². The summed E-state index contributed by atoms with van der Waals surface area (Å²) in [5.74, 6) is -1.11. The molecule has 0 fully saturated rings. The van der Waals surface area contributed by atoms with Gasteiger partial charge in [0.1, 0.15) is 0 Å². The van der Waals surface area contributed by atoms with Crippen molar-refractivity contribution < 1.29 is 14.7 Å². The number of aliphatic carboxylic acids is 1. The van der Waals surface area contributed by atoms with E-state index in [1.54, 1.807) is 6.07 Å². The highest BCUT2D eigenvalue weighted by Gasteiger charge is 2.15. The fourth-order valence-electron chi connectivity index (χ4n) is 2.49. The number of hydrogen-bond donors (Lipinski definition) is 2. The van der Waals surface area contributed by atoms with Crippen molar-refractivity contribution in [2.24, 2.45) is 0 Å². The molecule has 5 heteroatoms. The number of thiophene rings is 1. The highest BCUT2D eigenvalue weighted by Crippen LogP contribution is 2.26. The van der Waals surface area contributed by atoms with E-state index >= 15 is 0 Å². The molecule has 1 amide bonds. The minimum absolute atomic E-state index is 0.0656. The number of carboxylic acid groups (broad SMARTS) is 1. The second-order valence-corrected chi connectivity index (χ2v) is 6.50. The normalized spacial score (nSPS) is 10.7. The number of carbonyl (C=O) groups excluding carboxylic acids is 1. The molecule has 0 aliphatic carbocycles. The van der Waals surface area contributed by atoms with E-state index in [2.05, 4.69) is 5.32 Å². The molecule has 2 N–H and O–H groups in total. The van der Waals surface area contributed by atoms with Crippen LogP contribution in [0.3, 0.4) is 0 Å². The summed E-state index contributed by atoms with van der Waals surface area (Å²) in [5.41, 5.74) is 1.43. The zero-order chi connectivity index (χ0) is 16.4. The maximum absolute atomic E-state index is 12.5. The summed E-state index contributed by atoms with van der Waals surface area (Å²) in [6.45, 7) is 1.83. The van der Waals surface area contributed by atoms with Crippen molar-refractivity contribution in [1.82, 2.24) is 0 Å². The van der Waals surface area contributed by atoms with E-state index < -0.39 is 5.97 Å². The van der Waals surface area contributed by atoms with Crippen molar-refractivity contribution in [2.75, 3.05) is 5.32 Å². The van der Waals surface area contributed by atoms with Crippen LogP contribution in [0, 0.1) is 6.92 Å². The maximum atomic E-state index is 12.5. The van der Waals surface area contributed by atoms with Crippen molar-refractivity contribution in [2.45, 2.75) is 13.3 Å². The Labute approximate surface area is 137 Å². The number of benzene rings is 2. The lowest BCUT2D eigenvalue weighted by atomic mass is 10.1. The van der Waals surface area contributed by atoms with Gasteiger partial charge in [0.2, 0.25) is 0 Å². The molecule has 0 radical (unpaired) electrons. The van der Waals surface area contributed by atoms with Crippen LogP contribution in [0.5, 0.6) is 0 Å². The van der Waals surface area contributed by atoms with Crippen LogP contribution in [0.15, 0.2) is 48.5 Å². The highest BCUT2D eigenvalue weighted by molar-refractivity contribution is 7.14. The zero-order valence-corrected chi connectivity index (χ0v) is 13.3. The Morgan fingerprint density at radius 1 is 1.13 bits per heavy atom. The number of carboxylic acids is 1. The first kappa shape index (κ1) is 15.2. The molecular formula is C18H15NO3S. The van der Waals surface area contributed by atoms with Crippen LogP contribution in [0.25, 0.3) is 10.8 Å². The molecule has 0 unspecified atom stereocenters. The molecule has 0 saturated heterocycles. The van der Waals surface area contributed by atoms with Gasteiger partial charge in [0.15, 0.2) is 0 Å². The maximum Gasteiger partial charge on any atom is 0.307 e. The van der Waals surface area contributed by atoms with E-state index in [0.717, 1.165) is 21.3 Å². The number of anilines is 1. The van der Waals surface area contributed by atoms with Gasteiger partial charge in [0.25, 0.3) is 5.91 Å². The molecule has 116 valence electrons. The lowest BCUT2D eigenvalue weighted by Gasteiger charge is -2.07. The first-order valence-electron chi connectivity index (χ1n) is 7.15. The van der Waals surface area contributed by atoms with Crippen molar-refractivity contribution in [3.8, 4) is 0 Å². The number of aryl methyl sites for hydroxylation is 1. The summed E-state index contributed by atoms with van der Waals surface area (Å²) in [4.78, 5) is 24.7. The second kappa shape index (κ2) is 6.22. The Balaban J connectivity index is 1.88. The molecule has 0 spiro atoms. The number of fused-ring (bicyclic) bond motifs is 1. The van der Waals surface area contributed by atoms with Crippen molar-refractivity contribution in [1.29, 1.82) is 0 Å². The first-order valence-corrected chi connectivity index (χ1v) is 7.96. The van der Waals surface area contributed by atoms with Crippen molar-refractivity contribution in [3.05, 3.63) is 63.8 Å². The highest BCUT2D eigenvalue weighted by atomic mass is 32.1. The smallest absolute Gasteiger partial charge is 0.307 e. The third-order valence-electron chi connectivity index (χ3n) is 3.62. The molecule has 3 aromatic rings. The van der Waals surface area contributed by atoms with Crippen molar-refractivity contribution in [3.63, 3.8) is 0 Å². The van der Waals surface area contributed by atoms with E-state index in [0.29, 0.717) is 10.4 Å². The third kappa shape index (κ3) is 3.24. The van der Waals surface area contributed by atoms with Gasteiger partial charge in [0, 0.05) is 16.0 Å². The second-order valence-electron chi connectivity index (χ2n) is 5.24. The largest absolute Gasteiger partial charge is 0.481 e. The van der Waals surface area contributed by atoms with Gasteiger partial charge in [-0.25, -0.2) is 0 Å². The van der Waals surface area contributed by atoms with Crippen LogP contribution >= 0.6 is 11.3 Å². The molecule has 0 aliphatic heterocycles. The molecule has 4 nitrogen and oxygen atoms in total. The number of amides is 1. The monoisotopic (exact) mass is 325 g/mol. The average Bonchev–Trinajstić information content (AvgIpc) is 2.88. The molecule has 2 aromatic carbocycles. The fourth-order valence-corrected chi connectivity index (χ4v) is 3.43. The molecule has 0 aliphatic rings. The zero-order valence-electron chi connectivity index (χ0n) is 12.5. The first-order chi connectivity index (χ1) is 11.0. The summed E-state index contributed by atoms with van der Waals surface area (Å²) in [7, 11) is 0. The van der Waals surface area contributed by atoms with E-state index in [9.17, 15) is 9.59 Å². The summed E-state index contributed by atoms with van der Waals surface area (Å²) in [5, 5.41) is 13.8. The van der Waals surface area contributed by atoms with Crippen molar-refractivity contribution >= 4 is 39.7 Å². The summed E-state index contributed by atoms with van der Waals surface area (Å²) in [6.07, 6.45) is -0.0656. The van der Waals surface area contributed by atoms with Gasteiger partial charge in [-0.15, -0.1) is 11.3 Å². The van der Waals surface area contributed by atoms with Crippen LogP contribution < -0.4 is 5.32 Å².